The summed E-state index contributed by atoms with van der Waals surface area (Å²) in [5.41, 5.74) is 1.34. The van der Waals surface area contributed by atoms with Crippen molar-refractivity contribution in [3.8, 4) is 6.07 Å². The molecule has 0 spiro atoms. The molecule has 1 saturated carbocycles. The monoisotopic (exact) mass is 275 g/mol. The molecule has 1 aliphatic carbocycles. The van der Waals surface area contributed by atoms with Crippen LogP contribution in [0.4, 0.5) is 0 Å². The molecule has 3 rings (SSSR count). The zero-order valence-corrected chi connectivity index (χ0v) is 11.8. The van der Waals surface area contributed by atoms with E-state index >= 15 is 0 Å². The lowest BCUT2D eigenvalue weighted by Gasteiger charge is -2.38. The van der Waals surface area contributed by atoms with Gasteiger partial charge in [-0.15, -0.1) is 0 Å². The molecule has 0 bridgehead atoms. The van der Waals surface area contributed by atoms with Gasteiger partial charge in [-0.3, -0.25) is 4.79 Å². The average Bonchev–Trinajstić information content (AvgIpc) is 2.57. The van der Waals surface area contributed by atoms with Gasteiger partial charge in [-0.25, -0.2) is 0 Å². The Bertz CT molecular complexity index is 630. The maximum atomic E-state index is 13.1. The number of carbonyl (C=O) groups excluding carboxylic acids is 1. The average molecular weight is 275 g/mol. The number of ketones is 1. The molecule has 0 heterocycles. The Morgan fingerprint density at radius 1 is 0.952 bits per heavy atom. The molecule has 21 heavy (non-hydrogen) atoms. The van der Waals surface area contributed by atoms with Crippen molar-refractivity contribution in [2.24, 2.45) is 5.92 Å². The van der Waals surface area contributed by atoms with E-state index in [1.165, 1.54) is 0 Å². The van der Waals surface area contributed by atoms with Crippen LogP contribution in [0.25, 0.3) is 0 Å². The molecule has 2 aromatic carbocycles. The van der Waals surface area contributed by atoms with Crippen molar-refractivity contribution in [1.29, 1.82) is 5.26 Å². The standard InChI is InChI=1S/C19H17NO/c20-14-15-8-7-13-19(18(15)21,16-9-3-1-4-10-16)17-11-5-2-6-12-17/h1-6,9-12,15H,7-8,13H2/t15-/m1/s1. The van der Waals surface area contributed by atoms with Crippen molar-refractivity contribution in [1.82, 2.24) is 0 Å². The predicted molar refractivity (Wildman–Crippen MR) is 81.6 cm³/mol. The molecule has 1 aliphatic rings. The first kappa shape index (κ1) is 13.6. The highest BCUT2D eigenvalue weighted by Crippen LogP contribution is 2.44. The third-order valence-electron chi connectivity index (χ3n) is 4.47. The van der Waals surface area contributed by atoms with Crippen LogP contribution in [0.5, 0.6) is 0 Å². The molecular formula is C19H17NO. The van der Waals surface area contributed by atoms with Crippen LogP contribution in [-0.4, -0.2) is 5.78 Å². The molecule has 0 aliphatic heterocycles. The molecule has 1 fully saturated rings. The first-order chi connectivity index (χ1) is 10.3. The van der Waals surface area contributed by atoms with Crippen LogP contribution < -0.4 is 0 Å². The maximum absolute atomic E-state index is 13.1. The second kappa shape index (κ2) is 5.54. The van der Waals surface area contributed by atoms with Crippen molar-refractivity contribution in [2.45, 2.75) is 24.7 Å². The van der Waals surface area contributed by atoms with Gasteiger partial charge in [0.25, 0.3) is 0 Å². The molecule has 0 N–H and O–H groups in total. The third-order valence-corrected chi connectivity index (χ3v) is 4.47. The van der Waals surface area contributed by atoms with Gasteiger partial charge in [0.05, 0.1) is 11.5 Å². The zero-order chi connectivity index (χ0) is 14.7. The van der Waals surface area contributed by atoms with E-state index in [0.29, 0.717) is 6.42 Å². The third kappa shape index (κ3) is 2.15. The van der Waals surface area contributed by atoms with Crippen molar-refractivity contribution >= 4 is 5.78 Å². The normalized spacial score (nSPS) is 20.7. The number of benzene rings is 2. The lowest BCUT2D eigenvalue weighted by Crippen LogP contribution is -2.44. The van der Waals surface area contributed by atoms with Crippen LogP contribution in [0.3, 0.4) is 0 Å². The predicted octanol–water partition coefficient (Wildman–Crippen LogP) is 3.87. The van der Waals surface area contributed by atoms with Gasteiger partial charge in [0, 0.05) is 0 Å². The van der Waals surface area contributed by atoms with Crippen LogP contribution >= 0.6 is 0 Å². The summed E-state index contributed by atoms with van der Waals surface area (Å²) < 4.78 is 0. The number of nitriles is 1. The lowest BCUT2D eigenvalue weighted by molar-refractivity contribution is -0.127. The number of rotatable bonds is 2. The highest BCUT2D eigenvalue weighted by molar-refractivity contribution is 5.97. The molecule has 0 saturated heterocycles. The quantitative estimate of drug-likeness (QED) is 0.835. The fourth-order valence-corrected chi connectivity index (χ4v) is 3.43. The van der Waals surface area contributed by atoms with Crippen LogP contribution in [0, 0.1) is 17.2 Å². The Morgan fingerprint density at radius 2 is 1.48 bits per heavy atom. The van der Waals surface area contributed by atoms with Crippen molar-refractivity contribution < 1.29 is 4.79 Å². The van der Waals surface area contributed by atoms with Gasteiger partial charge >= 0.3 is 0 Å². The van der Waals surface area contributed by atoms with E-state index in [2.05, 4.69) is 6.07 Å². The summed E-state index contributed by atoms with van der Waals surface area (Å²) in [6.07, 6.45) is 2.35. The van der Waals surface area contributed by atoms with Crippen molar-refractivity contribution in [3.63, 3.8) is 0 Å². The molecule has 2 nitrogen and oxygen atoms in total. The van der Waals surface area contributed by atoms with Gasteiger partial charge in [0.2, 0.25) is 0 Å². The van der Waals surface area contributed by atoms with Gasteiger partial charge in [0.15, 0.2) is 5.78 Å². The van der Waals surface area contributed by atoms with E-state index < -0.39 is 11.3 Å². The molecule has 2 heteroatoms. The number of nitrogens with zero attached hydrogens (tertiary/aromatic N) is 1. The minimum Gasteiger partial charge on any atom is -0.297 e. The Balaban J connectivity index is 2.21. The SMILES string of the molecule is N#C[C@H]1CCCC(c2ccccc2)(c2ccccc2)C1=O. The van der Waals surface area contributed by atoms with E-state index in [1.54, 1.807) is 0 Å². The maximum Gasteiger partial charge on any atom is 0.164 e. The minimum absolute atomic E-state index is 0.0497. The van der Waals surface area contributed by atoms with Gasteiger partial charge in [0.1, 0.15) is 5.92 Å². The second-order valence-electron chi connectivity index (χ2n) is 5.58. The smallest absolute Gasteiger partial charge is 0.164 e. The Labute approximate surface area is 125 Å². The summed E-state index contributed by atoms with van der Waals surface area (Å²) in [4.78, 5) is 13.1. The first-order valence-corrected chi connectivity index (χ1v) is 7.34. The summed E-state index contributed by atoms with van der Waals surface area (Å²) in [6.45, 7) is 0. The summed E-state index contributed by atoms with van der Waals surface area (Å²) in [5, 5.41) is 9.32. The number of hydrogen-bond acceptors (Lipinski definition) is 2. The molecule has 104 valence electrons. The fourth-order valence-electron chi connectivity index (χ4n) is 3.43. The topological polar surface area (TPSA) is 40.9 Å². The van der Waals surface area contributed by atoms with E-state index in [-0.39, 0.29) is 5.78 Å². The van der Waals surface area contributed by atoms with Gasteiger partial charge in [-0.1, -0.05) is 67.1 Å². The van der Waals surface area contributed by atoms with Gasteiger partial charge in [-0.2, -0.15) is 5.26 Å². The molecule has 0 aromatic heterocycles. The summed E-state index contributed by atoms with van der Waals surface area (Å²) in [6, 6.07) is 22.0. The van der Waals surface area contributed by atoms with E-state index in [1.807, 2.05) is 60.7 Å². The molecule has 0 amide bonds. The molecule has 1 atom stereocenters. The molecular weight excluding hydrogens is 258 g/mol. The number of carbonyl (C=O) groups is 1. The highest BCUT2D eigenvalue weighted by atomic mass is 16.1. The summed E-state index contributed by atoms with van der Waals surface area (Å²) >= 11 is 0. The van der Waals surface area contributed by atoms with E-state index in [9.17, 15) is 10.1 Å². The lowest BCUT2D eigenvalue weighted by atomic mass is 9.61. The molecule has 0 unspecified atom stereocenters. The minimum atomic E-state index is -0.666. The fraction of sp³-hybridized carbons (Fsp3) is 0.263. The highest BCUT2D eigenvalue weighted by Gasteiger charge is 2.47. The van der Waals surface area contributed by atoms with Crippen LogP contribution in [0.15, 0.2) is 60.7 Å². The number of hydrogen-bond donors (Lipinski definition) is 0. The second-order valence-corrected chi connectivity index (χ2v) is 5.58. The Hall–Kier alpha value is -2.40. The first-order valence-electron chi connectivity index (χ1n) is 7.34. The number of Topliss-reactive ketones (excluding diaryl/α,β-unsaturated/α-hetero) is 1. The van der Waals surface area contributed by atoms with E-state index in [0.717, 1.165) is 24.0 Å². The van der Waals surface area contributed by atoms with Gasteiger partial charge in [-0.05, 0) is 24.0 Å². The molecule has 2 aromatic rings. The van der Waals surface area contributed by atoms with Crippen LogP contribution in [-0.2, 0) is 10.2 Å². The molecule has 0 radical (unpaired) electrons. The van der Waals surface area contributed by atoms with E-state index in [4.69, 9.17) is 0 Å². The van der Waals surface area contributed by atoms with Crippen LogP contribution in [0.2, 0.25) is 0 Å². The van der Waals surface area contributed by atoms with Crippen LogP contribution in [0.1, 0.15) is 30.4 Å². The largest absolute Gasteiger partial charge is 0.297 e. The zero-order valence-electron chi connectivity index (χ0n) is 11.8. The Kier molecular flexibility index (Phi) is 3.58. The summed E-state index contributed by atoms with van der Waals surface area (Å²) in [5.74, 6) is -0.451. The van der Waals surface area contributed by atoms with Crippen molar-refractivity contribution in [3.05, 3.63) is 71.8 Å². The van der Waals surface area contributed by atoms with Crippen molar-refractivity contribution in [2.75, 3.05) is 0 Å². The van der Waals surface area contributed by atoms with Gasteiger partial charge < -0.3 is 0 Å². The Morgan fingerprint density at radius 3 is 1.95 bits per heavy atom. The summed E-state index contributed by atoms with van der Waals surface area (Å²) in [7, 11) is 0.